The molecule has 2 aliphatic heterocycles. The standard InChI is InChI=1S/C21H23FN4O3/c22-16-3-4-17(24-12-16)9-20(27)26-7-5-15-8-18(29-19(15)13-26)21(28)25-11-14-2-1-6-23-10-14/h1-4,6,10,12,15,18-19H,5,7-9,11,13H2,(H,25,28)/t15-,18+,19+/m0/s1. The molecule has 2 amide bonds. The van der Waals surface area contributed by atoms with Crippen molar-refractivity contribution in [2.45, 2.75) is 38.0 Å². The lowest BCUT2D eigenvalue weighted by atomic mass is 9.91. The first kappa shape index (κ1) is 19.4. The topological polar surface area (TPSA) is 84.4 Å². The van der Waals surface area contributed by atoms with Crippen molar-refractivity contribution in [2.75, 3.05) is 13.1 Å². The predicted molar refractivity (Wildman–Crippen MR) is 102 cm³/mol. The van der Waals surface area contributed by atoms with Gasteiger partial charge in [0.05, 0.1) is 18.7 Å². The van der Waals surface area contributed by atoms with Crippen molar-refractivity contribution in [1.29, 1.82) is 0 Å². The zero-order chi connectivity index (χ0) is 20.2. The molecule has 2 aromatic rings. The number of rotatable bonds is 5. The van der Waals surface area contributed by atoms with Crippen molar-refractivity contribution < 1.29 is 18.7 Å². The highest BCUT2D eigenvalue weighted by Gasteiger charge is 2.42. The van der Waals surface area contributed by atoms with E-state index in [2.05, 4.69) is 15.3 Å². The molecule has 2 fully saturated rings. The first-order chi connectivity index (χ1) is 14.1. The van der Waals surface area contributed by atoms with Crippen LogP contribution in [0.3, 0.4) is 0 Å². The molecule has 1 N–H and O–H groups in total. The Bertz CT molecular complexity index is 862. The maximum absolute atomic E-state index is 13.0. The minimum atomic E-state index is -0.490. The molecule has 0 aliphatic carbocycles. The zero-order valence-electron chi connectivity index (χ0n) is 16.0. The van der Waals surface area contributed by atoms with Crippen molar-refractivity contribution in [3.63, 3.8) is 0 Å². The summed E-state index contributed by atoms with van der Waals surface area (Å²) in [4.78, 5) is 34.8. The van der Waals surface area contributed by atoms with Gasteiger partial charge in [-0.25, -0.2) is 4.39 Å². The van der Waals surface area contributed by atoms with E-state index in [1.807, 2.05) is 12.1 Å². The van der Waals surface area contributed by atoms with E-state index in [-0.39, 0.29) is 30.3 Å². The highest BCUT2D eigenvalue weighted by molar-refractivity contribution is 5.81. The molecule has 152 valence electrons. The second-order valence-corrected chi connectivity index (χ2v) is 7.51. The number of fused-ring (bicyclic) bond motifs is 1. The first-order valence-electron chi connectivity index (χ1n) is 9.79. The molecule has 4 rings (SSSR count). The molecular formula is C21H23FN4O3. The van der Waals surface area contributed by atoms with E-state index in [4.69, 9.17) is 4.74 Å². The summed E-state index contributed by atoms with van der Waals surface area (Å²) in [5, 5.41) is 2.90. The van der Waals surface area contributed by atoms with E-state index in [0.29, 0.717) is 31.7 Å². The number of halogens is 1. The number of ether oxygens (including phenoxy) is 1. The Morgan fingerprint density at radius 2 is 2.17 bits per heavy atom. The Morgan fingerprint density at radius 3 is 2.93 bits per heavy atom. The summed E-state index contributed by atoms with van der Waals surface area (Å²) < 4.78 is 18.9. The summed E-state index contributed by atoms with van der Waals surface area (Å²) in [6, 6.07) is 6.56. The third-order valence-electron chi connectivity index (χ3n) is 5.51. The molecule has 0 unspecified atom stereocenters. The van der Waals surface area contributed by atoms with Crippen LogP contribution in [0.4, 0.5) is 4.39 Å². The van der Waals surface area contributed by atoms with E-state index in [1.54, 1.807) is 17.3 Å². The Labute approximate surface area is 168 Å². The highest BCUT2D eigenvalue weighted by Crippen LogP contribution is 2.33. The molecule has 0 radical (unpaired) electrons. The van der Waals surface area contributed by atoms with Gasteiger partial charge in [-0.1, -0.05) is 6.07 Å². The van der Waals surface area contributed by atoms with Crippen LogP contribution in [-0.2, 0) is 27.3 Å². The van der Waals surface area contributed by atoms with Crippen LogP contribution in [0.25, 0.3) is 0 Å². The summed E-state index contributed by atoms with van der Waals surface area (Å²) >= 11 is 0. The predicted octanol–water partition coefficient (Wildman–Crippen LogP) is 1.48. The molecule has 3 atom stereocenters. The van der Waals surface area contributed by atoms with E-state index in [1.165, 1.54) is 12.1 Å². The first-order valence-corrected chi connectivity index (χ1v) is 9.79. The smallest absolute Gasteiger partial charge is 0.249 e. The van der Waals surface area contributed by atoms with Crippen LogP contribution in [0.15, 0.2) is 42.9 Å². The number of carbonyl (C=O) groups is 2. The minimum absolute atomic E-state index is 0.0596. The molecule has 0 saturated carbocycles. The summed E-state index contributed by atoms with van der Waals surface area (Å²) in [7, 11) is 0. The summed E-state index contributed by atoms with van der Waals surface area (Å²) in [6.45, 7) is 1.52. The maximum Gasteiger partial charge on any atom is 0.249 e. The lowest BCUT2D eigenvalue weighted by Crippen LogP contribution is -2.46. The molecule has 0 bridgehead atoms. The van der Waals surface area contributed by atoms with Crippen LogP contribution in [0, 0.1) is 11.7 Å². The second-order valence-electron chi connectivity index (χ2n) is 7.51. The van der Waals surface area contributed by atoms with Gasteiger partial charge in [0.25, 0.3) is 0 Å². The summed E-state index contributed by atoms with van der Waals surface area (Å²) in [5.74, 6) is -0.335. The number of aromatic nitrogens is 2. The van der Waals surface area contributed by atoms with Gasteiger partial charge >= 0.3 is 0 Å². The quantitative estimate of drug-likeness (QED) is 0.825. The van der Waals surface area contributed by atoms with Gasteiger partial charge in [-0.3, -0.25) is 19.6 Å². The van der Waals surface area contributed by atoms with Crippen molar-refractivity contribution in [1.82, 2.24) is 20.2 Å². The Balaban J connectivity index is 1.28. The monoisotopic (exact) mass is 398 g/mol. The SMILES string of the molecule is O=C(NCc1cccnc1)[C@H]1C[C@@H]2CCN(C(=O)Cc3ccc(F)cn3)C[C@H]2O1. The number of hydrogen-bond donors (Lipinski definition) is 1. The highest BCUT2D eigenvalue weighted by atomic mass is 19.1. The third-order valence-corrected chi connectivity index (χ3v) is 5.51. The largest absolute Gasteiger partial charge is 0.363 e. The van der Waals surface area contributed by atoms with Gasteiger partial charge in [0, 0.05) is 37.7 Å². The molecular weight excluding hydrogens is 375 g/mol. The number of carbonyl (C=O) groups excluding carboxylic acids is 2. The van der Waals surface area contributed by atoms with Gasteiger partial charge in [-0.05, 0) is 42.5 Å². The lowest BCUT2D eigenvalue weighted by Gasteiger charge is -2.34. The number of nitrogens with zero attached hydrogens (tertiary/aromatic N) is 3. The molecule has 2 aromatic heterocycles. The van der Waals surface area contributed by atoms with E-state index in [0.717, 1.165) is 18.2 Å². The molecule has 0 spiro atoms. The van der Waals surface area contributed by atoms with Crippen LogP contribution in [0.5, 0.6) is 0 Å². The molecule has 7 nitrogen and oxygen atoms in total. The average Bonchev–Trinajstić information content (AvgIpc) is 3.18. The maximum atomic E-state index is 13.0. The molecule has 2 saturated heterocycles. The Morgan fingerprint density at radius 1 is 1.28 bits per heavy atom. The van der Waals surface area contributed by atoms with E-state index in [9.17, 15) is 14.0 Å². The van der Waals surface area contributed by atoms with Crippen molar-refractivity contribution in [3.8, 4) is 0 Å². The van der Waals surface area contributed by atoms with Gasteiger partial charge in [0.2, 0.25) is 11.8 Å². The number of likely N-dealkylation sites (tertiary alicyclic amines) is 1. The van der Waals surface area contributed by atoms with Crippen molar-refractivity contribution in [3.05, 3.63) is 59.9 Å². The number of nitrogens with one attached hydrogen (secondary N) is 1. The summed E-state index contributed by atoms with van der Waals surface area (Å²) in [6.07, 6.45) is 5.50. The molecule has 2 aliphatic rings. The molecule has 29 heavy (non-hydrogen) atoms. The van der Waals surface area contributed by atoms with Crippen molar-refractivity contribution in [2.24, 2.45) is 5.92 Å². The zero-order valence-corrected chi connectivity index (χ0v) is 16.0. The molecule has 0 aromatic carbocycles. The molecule has 8 heteroatoms. The van der Waals surface area contributed by atoms with Crippen LogP contribution in [0.1, 0.15) is 24.1 Å². The van der Waals surface area contributed by atoms with Gasteiger partial charge in [0.15, 0.2) is 0 Å². The van der Waals surface area contributed by atoms with Crippen LogP contribution in [-0.4, -0.2) is 52.0 Å². The van der Waals surface area contributed by atoms with Crippen LogP contribution >= 0.6 is 0 Å². The number of hydrogen-bond acceptors (Lipinski definition) is 5. The fourth-order valence-corrected chi connectivity index (χ4v) is 3.91. The number of amides is 2. The van der Waals surface area contributed by atoms with Crippen molar-refractivity contribution >= 4 is 11.8 Å². The normalized spacial score (nSPS) is 23.5. The van der Waals surface area contributed by atoms with E-state index >= 15 is 0 Å². The van der Waals surface area contributed by atoms with Crippen LogP contribution < -0.4 is 5.32 Å². The lowest BCUT2D eigenvalue weighted by molar-refractivity contribution is -0.137. The Kier molecular flexibility index (Phi) is 5.80. The Hall–Kier alpha value is -2.87. The fraction of sp³-hybridized carbons (Fsp3) is 0.429. The van der Waals surface area contributed by atoms with E-state index < -0.39 is 11.9 Å². The minimum Gasteiger partial charge on any atom is -0.363 e. The van der Waals surface area contributed by atoms with Gasteiger partial charge in [0.1, 0.15) is 11.9 Å². The second kappa shape index (κ2) is 8.65. The van der Waals surface area contributed by atoms with Gasteiger partial charge in [-0.15, -0.1) is 0 Å². The fourth-order valence-electron chi connectivity index (χ4n) is 3.91. The van der Waals surface area contributed by atoms with Gasteiger partial charge < -0.3 is 15.0 Å². The average molecular weight is 398 g/mol. The van der Waals surface area contributed by atoms with Gasteiger partial charge in [-0.2, -0.15) is 0 Å². The molecule has 4 heterocycles. The number of piperidine rings is 1. The number of pyridine rings is 2. The summed E-state index contributed by atoms with van der Waals surface area (Å²) in [5.41, 5.74) is 1.47. The third kappa shape index (κ3) is 4.76. The van der Waals surface area contributed by atoms with Crippen LogP contribution in [0.2, 0.25) is 0 Å².